The lowest BCUT2D eigenvalue weighted by Crippen LogP contribution is -2.21. The number of nitrogens with one attached hydrogen (secondary N) is 1. The molecule has 0 radical (unpaired) electrons. The van der Waals surface area contributed by atoms with Crippen LogP contribution in [0.3, 0.4) is 0 Å². The standard InChI is InChI=1S/C17H20ClN3/c1-21(12-13-3-2-4-15(18)9-13)17-7-8-19-10-14(17)11-20-16-5-6-16/h2-4,7-10,16,20H,5-6,11-12H2,1H3. The van der Waals surface area contributed by atoms with Crippen LogP contribution in [0.15, 0.2) is 42.7 Å². The van der Waals surface area contributed by atoms with Crippen LogP contribution in [0, 0.1) is 0 Å². The van der Waals surface area contributed by atoms with Crippen LogP contribution in [0.1, 0.15) is 24.0 Å². The van der Waals surface area contributed by atoms with Crippen molar-refractivity contribution < 1.29 is 0 Å². The molecule has 110 valence electrons. The first-order valence-corrected chi connectivity index (χ1v) is 7.72. The Kier molecular flexibility index (Phi) is 4.42. The largest absolute Gasteiger partial charge is 0.370 e. The fourth-order valence-corrected chi connectivity index (χ4v) is 2.68. The van der Waals surface area contributed by atoms with Crippen molar-refractivity contribution in [3.8, 4) is 0 Å². The summed E-state index contributed by atoms with van der Waals surface area (Å²) < 4.78 is 0. The summed E-state index contributed by atoms with van der Waals surface area (Å²) in [5.74, 6) is 0. The lowest BCUT2D eigenvalue weighted by molar-refractivity contribution is 0.683. The Balaban J connectivity index is 1.72. The second-order valence-electron chi connectivity index (χ2n) is 5.65. The Hall–Kier alpha value is -1.58. The van der Waals surface area contributed by atoms with E-state index in [4.69, 9.17) is 11.6 Å². The van der Waals surface area contributed by atoms with Crippen LogP contribution in [-0.2, 0) is 13.1 Å². The highest BCUT2D eigenvalue weighted by Crippen LogP contribution is 2.23. The fraction of sp³-hybridized carbons (Fsp3) is 0.353. The molecular weight excluding hydrogens is 282 g/mol. The molecule has 0 spiro atoms. The molecule has 2 aromatic rings. The van der Waals surface area contributed by atoms with E-state index in [9.17, 15) is 0 Å². The first kappa shape index (κ1) is 14.4. The monoisotopic (exact) mass is 301 g/mol. The highest BCUT2D eigenvalue weighted by atomic mass is 35.5. The van der Waals surface area contributed by atoms with Crippen LogP contribution in [0.2, 0.25) is 5.02 Å². The van der Waals surface area contributed by atoms with E-state index < -0.39 is 0 Å². The molecule has 1 heterocycles. The van der Waals surface area contributed by atoms with Gasteiger partial charge in [-0.3, -0.25) is 4.98 Å². The predicted octanol–water partition coefficient (Wildman–Crippen LogP) is 3.62. The molecule has 1 aliphatic rings. The molecule has 0 aliphatic heterocycles. The van der Waals surface area contributed by atoms with Crippen LogP contribution in [0.25, 0.3) is 0 Å². The molecule has 3 nitrogen and oxygen atoms in total. The molecule has 0 unspecified atom stereocenters. The summed E-state index contributed by atoms with van der Waals surface area (Å²) in [4.78, 5) is 6.51. The molecule has 1 saturated carbocycles. The minimum Gasteiger partial charge on any atom is -0.370 e. The Morgan fingerprint density at radius 1 is 1.33 bits per heavy atom. The first-order valence-electron chi connectivity index (χ1n) is 7.34. The molecule has 3 rings (SSSR count). The average molecular weight is 302 g/mol. The van der Waals surface area contributed by atoms with Gasteiger partial charge in [0.1, 0.15) is 0 Å². The molecule has 0 bridgehead atoms. The molecule has 0 saturated heterocycles. The maximum atomic E-state index is 6.06. The van der Waals surface area contributed by atoms with Gasteiger partial charge in [0.05, 0.1) is 0 Å². The van der Waals surface area contributed by atoms with E-state index in [1.165, 1.54) is 29.7 Å². The quantitative estimate of drug-likeness (QED) is 0.883. The Morgan fingerprint density at radius 2 is 2.19 bits per heavy atom. The van der Waals surface area contributed by atoms with E-state index >= 15 is 0 Å². The van der Waals surface area contributed by atoms with Crippen molar-refractivity contribution in [1.82, 2.24) is 10.3 Å². The average Bonchev–Trinajstić information content (AvgIpc) is 3.29. The molecule has 1 aliphatic carbocycles. The number of benzene rings is 1. The third-order valence-electron chi connectivity index (χ3n) is 3.76. The number of hydrogen-bond donors (Lipinski definition) is 1. The van der Waals surface area contributed by atoms with E-state index in [2.05, 4.69) is 34.4 Å². The molecule has 4 heteroatoms. The number of hydrogen-bond acceptors (Lipinski definition) is 3. The maximum Gasteiger partial charge on any atom is 0.0443 e. The third-order valence-corrected chi connectivity index (χ3v) is 3.99. The normalized spacial score (nSPS) is 14.2. The van der Waals surface area contributed by atoms with E-state index in [0.29, 0.717) is 6.04 Å². The summed E-state index contributed by atoms with van der Waals surface area (Å²) in [6, 6.07) is 10.8. The van der Waals surface area contributed by atoms with E-state index in [-0.39, 0.29) is 0 Å². The van der Waals surface area contributed by atoms with Gasteiger partial charge in [0.2, 0.25) is 0 Å². The lowest BCUT2D eigenvalue weighted by Gasteiger charge is -2.22. The zero-order chi connectivity index (χ0) is 14.7. The Labute approximate surface area is 131 Å². The third kappa shape index (κ3) is 3.96. The topological polar surface area (TPSA) is 28.2 Å². The van der Waals surface area contributed by atoms with Gasteiger partial charge in [0.25, 0.3) is 0 Å². The van der Waals surface area contributed by atoms with Crippen molar-refractivity contribution in [2.45, 2.75) is 32.0 Å². The second kappa shape index (κ2) is 6.46. The van der Waals surface area contributed by atoms with Crippen molar-refractivity contribution in [2.75, 3.05) is 11.9 Å². The number of rotatable bonds is 6. The molecule has 1 aromatic heterocycles. The Bertz CT molecular complexity index is 610. The van der Waals surface area contributed by atoms with Gasteiger partial charge in [0, 0.05) is 54.8 Å². The first-order chi connectivity index (χ1) is 10.2. The zero-order valence-corrected chi connectivity index (χ0v) is 13.0. The van der Waals surface area contributed by atoms with E-state index in [1.54, 1.807) is 0 Å². The smallest absolute Gasteiger partial charge is 0.0443 e. The van der Waals surface area contributed by atoms with Crippen LogP contribution >= 0.6 is 11.6 Å². The van der Waals surface area contributed by atoms with Gasteiger partial charge in [-0.2, -0.15) is 0 Å². The molecule has 0 atom stereocenters. The number of pyridine rings is 1. The van der Waals surface area contributed by atoms with Gasteiger partial charge in [-0.1, -0.05) is 23.7 Å². The molecule has 1 N–H and O–H groups in total. The van der Waals surface area contributed by atoms with Gasteiger partial charge >= 0.3 is 0 Å². The van der Waals surface area contributed by atoms with Gasteiger partial charge in [-0.15, -0.1) is 0 Å². The fourth-order valence-electron chi connectivity index (χ4n) is 2.46. The van der Waals surface area contributed by atoms with E-state index in [0.717, 1.165) is 18.1 Å². The van der Waals surface area contributed by atoms with Crippen molar-refractivity contribution in [2.24, 2.45) is 0 Å². The van der Waals surface area contributed by atoms with Gasteiger partial charge in [-0.05, 0) is 36.6 Å². The van der Waals surface area contributed by atoms with Crippen LogP contribution in [0.5, 0.6) is 0 Å². The van der Waals surface area contributed by atoms with E-state index in [1.807, 2.05) is 30.6 Å². The summed E-state index contributed by atoms with van der Waals surface area (Å²) >= 11 is 6.06. The van der Waals surface area contributed by atoms with Crippen molar-refractivity contribution in [3.05, 3.63) is 58.9 Å². The highest BCUT2D eigenvalue weighted by molar-refractivity contribution is 6.30. The van der Waals surface area contributed by atoms with Crippen LogP contribution in [0.4, 0.5) is 5.69 Å². The molecule has 0 amide bonds. The number of halogens is 1. The number of nitrogens with zero attached hydrogens (tertiary/aromatic N) is 2. The summed E-state index contributed by atoms with van der Waals surface area (Å²) in [5, 5.41) is 4.34. The van der Waals surface area contributed by atoms with Crippen LogP contribution < -0.4 is 10.2 Å². The molecular formula is C17H20ClN3. The summed E-state index contributed by atoms with van der Waals surface area (Å²) in [6.45, 7) is 1.72. The van der Waals surface area contributed by atoms with Crippen LogP contribution in [-0.4, -0.2) is 18.1 Å². The van der Waals surface area contributed by atoms with Gasteiger partial charge in [0.15, 0.2) is 0 Å². The van der Waals surface area contributed by atoms with Gasteiger partial charge in [-0.25, -0.2) is 0 Å². The minimum absolute atomic E-state index is 0.705. The number of anilines is 1. The number of aromatic nitrogens is 1. The maximum absolute atomic E-state index is 6.06. The zero-order valence-electron chi connectivity index (χ0n) is 12.2. The minimum atomic E-state index is 0.705. The molecule has 21 heavy (non-hydrogen) atoms. The highest BCUT2D eigenvalue weighted by Gasteiger charge is 2.20. The van der Waals surface area contributed by atoms with Crippen molar-refractivity contribution in [3.63, 3.8) is 0 Å². The van der Waals surface area contributed by atoms with Crippen molar-refractivity contribution >= 4 is 17.3 Å². The van der Waals surface area contributed by atoms with Crippen molar-refractivity contribution in [1.29, 1.82) is 0 Å². The SMILES string of the molecule is CN(Cc1cccc(Cl)c1)c1ccncc1CNC1CC1. The second-order valence-corrected chi connectivity index (χ2v) is 6.08. The summed E-state index contributed by atoms with van der Waals surface area (Å²) in [6.07, 6.45) is 6.41. The molecule has 1 fully saturated rings. The summed E-state index contributed by atoms with van der Waals surface area (Å²) in [7, 11) is 2.11. The van der Waals surface area contributed by atoms with Gasteiger partial charge < -0.3 is 10.2 Å². The Morgan fingerprint density at radius 3 is 2.95 bits per heavy atom. The molecule has 1 aromatic carbocycles. The predicted molar refractivity (Wildman–Crippen MR) is 87.7 cm³/mol. The lowest BCUT2D eigenvalue weighted by atomic mass is 10.1. The summed E-state index contributed by atoms with van der Waals surface area (Å²) in [5.41, 5.74) is 3.68.